The third-order valence-corrected chi connectivity index (χ3v) is 10.4. The average Bonchev–Trinajstić information content (AvgIpc) is 3.56. The fourth-order valence-electron chi connectivity index (χ4n) is 7.20. The minimum absolute atomic E-state index is 0.145. The van der Waals surface area contributed by atoms with E-state index < -0.39 is 0 Å². The van der Waals surface area contributed by atoms with Gasteiger partial charge in [-0.05, 0) is 51.2 Å². The van der Waals surface area contributed by atoms with Crippen LogP contribution < -0.4 is 0 Å². The summed E-state index contributed by atoms with van der Waals surface area (Å²) in [6, 6.07) is 47.9. The quantitative estimate of drug-likeness (QED) is 0.208. The highest BCUT2D eigenvalue weighted by Crippen LogP contribution is 2.54. The van der Waals surface area contributed by atoms with Crippen LogP contribution in [-0.2, 0) is 5.41 Å². The smallest absolute Gasteiger partial charge is 0.161 e. The SMILES string of the molecule is CC1(C)c2cccc(-c3nc(-c4ccccc4)cc(-c4ccc5c(c4)sc4ccccc45)n3)c2-c2ccc3ccccc3c21. The Morgan fingerprint density at radius 1 is 0.523 bits per heavy atom. The van der Waals surface area contributed by atoms with E-state index in [1.54, 1.807) is 0 Å². The summed E-state index contributed by atoms with van der Waals surface area (Å²) in [5, 5.41) is 5.18. The first kappa shape index (κ1) is 25.4. The van der Waals surface area contributed by atoms with Gasteiger partial charge in [-0.15, -0.1) is 11.3 Å². The maximum atomic E-state index is 5.31. The standard InChI is InChI=1S/C41H28N2S/c1-41(2)33-17-10-16-32(38(33)31-22-19-25-11-6-7-14-28(25)39(31)41)40-42-34(26-12-4-3-5-13-26)24-35(43-40)27-20-21-30-29-15-8-9-18-36(29)44-37(30)23-27/h3-24H,1-2H3. The van der Waals surface area contributed by atoms with E-state index in [1.165, 1.54) is 53.2 Å². The summed E-state index contributed by atoms with van der Waals surface area (Å²) in [4.78, 5) is 10.6. The van der Waals surface area contributed by atoms with Crippen LogP contribution in [0, 0.1) is 0 Å². The minimum Gasteiger partial charge on any atom is -0.228 e. The zero-order valence-corrected chi connectivity index (χ0v) is 25.3. The Hall–Kier alpha value is -5.12. The van der Waals surface area contributed by atoms with E-state index in [0.29, 0.717) is 0 Å². The van der Waals surface area contributed by atoms with E-state index in [4.69, 9.17) is 9.97 Å². The lowest BCUT2D eigenvalue weighted by Gasteiger charge is -2.23. The molecule has 2 nitrogen and oxygen atoms in total. The van der Waals surface area contributed by atoms with E-state index in [-0.39, 0.29) is 5.41 Å². The second-order valence-corrected chi connectivity index (χ2v) is 13.3. The Morgan fingerprint density at radius 3 is 2.11 bits per heavy atom. The third kappa shape index (κ3) is 3.73. The largest absolute Gasteiger partial charge is 0.228 e. The molecule has 9 rings (SSSR count). The molecule has 0 unspecified atom stereocenters. The predicted molar refractivity (Wildman–Crippen MR) is 186 cm³/mol. The Balaban J connectivity index is 1.29. The van der Waals surface area contributed by atoms with Gasteiger partial charge in [0.25, 0.3) is 0 Å². The molecule has 1 aliphatic carbocycles. The van der Waals surface area contributed by atoms with Crippen molar-refractivity contribution < 1.29 is 0 Å². The van der Waals surface area contributed by atoms with Gasteiger partial charge in [0.15, 0.2) is 5.82 Å². The summed E-state index contributed by atoms with van der Waals surface area (Å²) >= 11 is 1.84. The van der Waals surface area contributed by atoms with Crippen molar-refractivity contribution in [3.05, 3.63) is 145 Å². The van der Waals surface area contributed by atoms with E-state index in [0.717, 1.165) is 33.9 Å². The van der Waals surface area contributed by atoms with Crippen LogP contribution in [0.5, 0.6) is 0 Å². The Labute approximate surface area is 260 Å². The molecule has 8 aromatic rings. The fourth-order valence-corrected chi connectivity index (χ4v) is 8.34. The highest BCUT2D eigenvalue weighted by atomic mass is 32.1. The number of thiophene rings is 1. The van der Waals surface area contributed by atoms with Gasteiger partial charge in [-0.25, -0.2) is 9.97 Å². The normalized spacial score (nSPS) is 13.4. The molecule has 0 atom stereocenters. The first-order chi connectivity index (χ1) is 21.6. The monoisotopic (exact) mass is 580 g/mol. The Bertz CT molecular complexity index is 2420. The lowest BCUT2D eigenvalue weighted by Crippen LogP contribution is -2.15. The topological polar surface area (TPSA) is 25.8 Å². The molecule has 0 bridgehead atoms. The first-order valence-corrected chi connectivity index (χ1v) is 15.9. The van der Waals surface area contributed by atoms with Crippen LogP contribution in [0.3, 0.4) is 0 Å². The van der Waals surface area contributed by atoms with Crippen molar-refractivity contribution in [3.8, 4) is 45.0 Å². The molecular weight excluding hydrogens is 553 g/mol. The maximum Gasteiger partial charge on any atom is 0.161 e. The molecule has 0 amide bonds. The third-order valence-electron chi connectivity index (χ3n) is 9.27. The van der Waals surface area contributed by atoms with Crippen molar-refractivity contribution in [3.63, 3.8) is 0 Å². The summed E-state index contributed by atoms with van der Waals surface area (Å²) in [5.74, 6) is 0.756. The summed E-state index contributed by atoms with van der Waals surface area (Å²) in [6.45, 7) is 4.70. The van der Waals surface area contributed by atoms with Crippen LogP contribution in [0.2, 0.25) is 0 Å². The van der Waals surface area contributed by atoms with Crippen LogP contribution in [0.15, 0.2) is 133 Å². The molecule has 0 N–H and O–H groups in total. The fraction of sp³-hybridized carbons (Fsp3) is 0.0732. The zero-order chi connectivity index (χ0) is 29.4. The highest BCUT2D eigenvalue weighted by Gasteiger charge is 2.38. The number of benzene rings is 6. The summed E-state index contributed by atoms with van der Waals surface area (Å²) in [6.07, 6.45) is 0. The lowest BCUT2D eigenvalue weighted by molar-refractivity contribution is 0.666. The van der Waals surface area contributed by atoms with E-state index in [9.17, 15) is 0 Å². The second kappa shape index (κ2) is 9.44. The highest BCUT2D eigenvalue weighted by molar-refractivity contribution is 7.25. The number of hydrogen-bond acceptors (Lipinski definition) is 3. The first-order valence-electron chi connectivity index (χ1n) is 15.1. The summed E-state index contributed by atoms with van der Waals surface area (Å²) < 4.78 is 2.58. The van der Waals surface area contributed by atoms with Gasteiger partial charge in [-0.3, -0.25) is 0 Å². The minimum atomic E-state index is -0.145. The number of nitrogens with zero attached hydrogens (tertiary/aromatic N) is 2. The molecule has 0 spiro atoms. The van der Waals surface area contributed by atoms with Crippen molar-refractivity contribution in [1.82, 2.24) is 9.97 Å². The molecule has 2 heterocycles. The molecule has 3 heteroatoms. The Kier molecular flexibility index (Phi) is 5.45. The van der Waals surface area contributed by atoms with E-state index >= 15 is 0 Å². The van der Waals surface area contributed by atoms with Crippen molar-refractivity contribution in [2.75, 3.05) is 0 Å². The molecule has 0 radical (unpaired) electrons. The van der Waals surface area contributed by atoms with Crippen molar-refractivity contribution in [1.29, 1.82) is 0 Å². The average molecular weight is 581 g/mol. The Morgan fingerprint density at radius 2 is 1.25 bits per heavy atom. The van der Waals surface area contributed by atoms with Crippen LogP contribution in [0.25, 0.3) is 76.0 Å². The number of aromatic nitrogens is 2. The molecule has 0 aliphatic heterocycles. The van der Waals surface area contributed by atoms with Crippen LogP contribution >= 0.6 is 11.3 Å². The molecule has 0 fully saturated rings. The van der Waals surface area contributed by atoms with Gasteiger partial charge in [0.1, 0.15) is 0 Å². The molecule has 6 aromatic carbocycles. The van der Waals surface area contributed by atoms with E-state index in [2.05, 4.69) is 147 Å². The lowest BCUT2D eigenvalue weighted by atomic mass is 9.80. The van der Waals surface area contributed by atoms with Gasteiger partial charge in [0, 0.05) is 42.3 Å². The van der Waals surface area contributed by atoms with E-state index in [1.807, 2.05) is 11.3 Å². The van der Waals surface area contributed by atoms with Crippen molar-refractivity contribution in [2.45, 2.75) is 19.3 Å². The number of rotatable bonds is 3. The van der Waals surface area contributed by atoms with Crippen LogP contribution in [-0.4, -0.2) is 9.97 Å². The van der Waals surface area contributed by atoms with Crippen LogP contribution in [0.1, 0.15) is 25.0 Å². The molecule has 0 saturated carbocycles. The van der Waals surface area contributed by atoms with Crippen LogP contribution in [0.4, 0.5) is 0 Å². The van der Waals surface area contributed by atoms with Crippen molar-refractivity contribution in [2.24, 2.45) is 0 Å². The summed E-state index contributed by atoms with van der Waals surface area (Å²) in [5.41, 5.74) is 10.2. The summed E-state index contributed by atoms with van der Waals surface area (Å²) in [7, 11) is 0. The molecular formula is C41H28N2S. The number of hydrogen-bond donors (Lipinski definition) is 0. The van der Waals surface area contributed by atoms with Gasteiger partial charge in [-0.2, -0.15) is 0 Å². The molecule has 1 aliphatic rings. The zero-order valence-electron chi connectivity index (χ0n) is 24.5. The second-order valence-electron chi connectivity index (χ2n) is 12.2. The molecule has 208 valence electrons. The maximum absolute atomic E-state index is 5.31. The van der Waals surface area contributed by atoms with Gasteiger partial charge >= 0.3 is 0 Å². The van der Waals surface area contributed by atoms with Gasteiger partial charge < -0.3 is 0 Å². The van der Waals surface area contributed by atoms with Gasteiger partial charge in [0.2, 0.25) is 0 Å². The number of fused-ring (bicyclic) bond motifs is 8. The van der Waals surface area contributed by atoms with Crippen molar-refractivity contribution >= 4 is 42.3 Å². The molecule has 44 heavy (non-hydrogen) atoms. The molecule has 0 saturated heterocycles. The predicted octanol–water partition coefficient (Wildman–Crippen LogP) is 11.3. The molecule has 2 aromatic heterocycles. The van der Waals surface area contributed by atoms with Gasteiger partial charge in [0.05, 0.1) is 11.4 Å². The van der Waals surface area contributed by atoms with Gasteiger partial charge in [-0.1, -0.05) is 129 Å².